The van der Waals surface area contributed by atoms with E-state index in [0.29, 0.717) is 47.7 Å². The summed E-state index contributed by atoms with van der Waals surface area (Å²) in [5, 5.41) is 7.58. The fourth-order valence-electron chi connectivity index (χ4n) is 4.14. The van der Waals surface area contributed by atoms with Crippen LogP contribution in [-0.2, 0) is 0 Å². The molecule has 1 saturated heterocycles. The molecule has 0 unspecified atom stereocenters. The van der Waals surface area contributed by atoms with Crippen molar-refractivity contribution >= 4 is 34.4 Å². The van der Waals surface area contributed by atoms with Gasteiger partial charge in [0, 0.05) is 43.0 Å². The number of amidine groups is 1. The van der Waals surface area contributed by atoms with Crippen molar-refractivity contribution in [3.63, 3.8) is 0 Å². The third-order valence-corrected chi connectivity index (χ3v) is 5.96. The maximum atomic E-state index is 14.5. The molecule has 0 aromatic carbocycles. The molecule has 1 amide bonds. The van der Waals surface area contributed by atoms with Gasteiger partial charge in [0.05, 0.1) is 17.8 Å². The molecule has 8 nitrogen and oxygen atoms in total. The number of rotatable bonds is 5. The van der Waals surface area contributed by atoms with E-state index in [4.69, 9.17) is 16.0 Å². The number of hydrogen-bond acceptors (Lipinski definition) is 6. The molecule has 1 atom stereocenters. The Morgan fingerprint density at radius 2 is 2.34 bits per heavy atom. The summed E-state index contributed by atoms with van der Waals surface area (Å²) in [7, 11) is 0. The number of H-pyrrole nitrogens is 1. The van der Waals surface area contributed by atoms with Gasteiger partial charge in [-0.15, -0.1) is 0 Å². The summed E-state index contributed by atoms with van der Waals surface area (Å²) in [5.41, 5.74) is 1.46. The lowest BCUT2D eigenvalue weighted by Crippen LogP contribution is -2.44. The van der Waals surface area contributed by atoms with Crippen LogP contribution in [0.25, 0.3) is 11.0 Å². The van der Waals surface area contributed by atoms with Crippen molar-refractivity contribution in [3.05, 3.63) is 64.9 Å². The van der Waals surface area contributed by atoms with Crippen LogP contribution in [0.2, 0.25) is 5.02 Å². The summed E-state index contributed by atoms with van der Waals surface area (Å²) in [6, 6.07) is 5.18. The van der Waals surface area contributed by atoms with E-state index in [1.807, 2.05) is 0 Å². The van der Waals surface area contributed by atoms with E-state index >= 15 is 0 Å². The van der Waals surface area contributed by atoms with Gasteiger partial charge < -0.3 is 24.9 Å². The number of aromatic amines is 1. The van der Waals surface area contributed by atoms with Crippen LogP contribution >= 0.6 is 11.6 Å². The molecule has 3 aromatic rings. The second kappa shape index (κ2) is 8.66. The third-order valence-electron chi connectivity index (χ3n) is 5.75. The second-order valence-corrected chi connectivity index (χ2v) is 8.38. The van der Waals surface area contributed by atoms with Gasteiger partial charge in [0.1, 0.15) is 17.3 Å². The molecule has 5 rings (SSSR count). The number of fused-ring (bicyclic) bond motifs is 1. The molecular weight excluding hydrogens is 435 g/mol. The zero-order valence-corrected chi connectivity index (χ0v) is 18.0. The number of aromatic nitrogens is 2. The van der Waals surface area contributed by atoms with Gasteiger partial charge in [-0.1, -0.05) is 11.6 Å². The van der Waals surface area contributed by atoms with E-state index in [0.717, 1.165) is 23.8 Å². The number of pyridine rings is 1. The Labute approximate surface area is 188 Å². The Kier molecular flexibility index (Phi) is 5.57. The summed E-state index contributed by atoms with van der Waals surface area (Å²) in [6.45, 7) is 1.76. The van der Waals surface area contributed by atoms with Crippen molar-refractivity contribution in [2.24, 2.45) is 10.9 Å². The topological polar surface area (TPSA) is 98.5 Å². The average Bonchev–Trinajstić information content (AvgIpc) is 3.48. The van der Waals surface area contributed by atoms with E-state index in [9.17, 15) is 9.18 Å². The highest BCUT2D eigenvalue weighted by atomic mass is 35.5. The molecule has 1 fully saturated rings. The Bertz CT molecular complexity index is 1200. The highest BCUT2D eigenvalue weighted by molar-refractivity contribution is 6.31. The monoisotopic (exact) mass is 456 g/mol. The van der Waals surface area contributed by atoms with E-state index in [1.165, 1.54) is 6.26 Å². The summed E-state index contributed by atoms with van der Waals surface area (Å²) in [5.74, 6) is 0.918. The second-order valence-electron chi connectivity index (χ2n) is 7.94. The molecule has 0 saturated carbocycles. The molecule has 10 heteroatoms. The number of halogens is 2. The summed E-state index contributed by atoms with van der Waals surface area (Å²) >= 11 is 6.09. The van der Waals surface area contributed by atoms with Crippen LogP contribution in [-0.4, -0.2) is 52.8 Å². The summed E-state index contributed by atoms with van der Waals surface area (Å²) in [6.07, 6.45) is 6.69. The summed E-state index contributed by atoms with van der Waals surface area (Å²) < 4.78 is 19.8. The Morgan fingerprint density at radius 1 is 1.44 bits per heavy atom. The normalized spacial score (nSPS) is 19.1. The quantitative estimate of drug-likeness (QED) is 0.546. The van der Waals surface area contributed by atoms with Gasteiger partial charge >= 0.3 is 0 Å². The van der Waals surface area contributed by atoms with Gasteiger partial charge in [0.2, 0.25) is 0 Å². The van der Waals surface area contributed by atoms with Crippen molar-refractivity contribution in [1.29, 1.82) is 0 Å². The largest absolute Gasteiger partial charge is 0.459 e. The third kappa shape index (κ3) is 4.08. The van der Waals surface area contributed by atoms with Crippen molar-refractivity contribution in [2.45, 2.75) is 12.8 Å². The number of nitrogens with zero attached hydrogens (tertiary/aromatic N) is 3. The SMILES string of the molecule is O=C(c1ccco1)N1CCC[C@H](CNC2=C(F)CN=C(c3c[nH]c4ncc(Cl)cc34)N2)C1. The molecule has 32 heavy (non-hydrogen) atoms. The number of hydrogen-bond donors (Lipinski definition) is 3. The highest BCUT2D eigenvalue weighted by Crippen LogP contribution is 2.23. The molecule has 166 valence electrons. The molecule has 0 radical (unpaired) electrons. The molecule has 2 aliphatic rings. The first-order chi connectivity index (χ1) is 15.6. The fourth-order valence-corrected chi connectivity index (χ4v) is 4.30. The van der Waals surface area contributed by atoms with Crippen LogP contribution < -0.4 is 10.6 Å². The zero-order valence-electron chi connectivity index (χ0n) is 17.2. The van der Waals surface area contributed by atoms with Crippen LogP contribution in [0.1, 0.15) is 29.0 Å². The molecule has 0 bridgehead atoms. The number of aliphatic imine (C=N–C) groups is 1. The molecule has 2 aliphatic heterocycles. The minimum atomic E-state index is -0.357. The van der Waals surface area contributed by atoms with E-state index in [2.05, 4.69) is 25.6 Å². The number of piperidine rings is 1. The summed E-state index contributed by atoms with van der Waals surface area (Å²) in [4.78, 5) is 26.0. The van der Waals surface area contributed by atoms with Crippen LogP contribution in [0.15, 0.2) is 57.9 Å². The maximum Gasteiger partial charge on any atom is 0.289 e. The first-order valence-corrected chi connectivity index (χ1v) is 10.9. The standard InChI is InChI=1S/C22H22ClFN6O2/c23-14-7-15-16(10-27-19(15)26-9-14)20-28-11-17(24)21(29-20)25-8-13-3-1-5-30(12-13)22(31)18-4-2-6-32-18/h2,4,6-7,9-10,13,25H,1,3,5,8,11-12H2,(H,26,27)(H,28,29)/t13-/m1/s1. The number of furan rings is 1. The molecule has 3 aromatic heterocycles. The molecule has 3 N–H and O–H groups in total. The van der Waals surface area contributed by atoms with Gasteiger partial charge in [-0.3, -0.25) is 9.79 Å². The Hall–Kier alpha value is -3.33. The maximum absolute atomic E-state index is 14.5. The smallest absolute Gasteiger partial charge is 0.289 e. The lowest BCUT2D eigenvalue weighted by molar-refractivity contribution is 0.0642. The van der Waals surface area contributed by atoms with Gasteiger partial charge in [-0.25, -0.2) is 9.37 Å². The minimum Gasteiger partial charge on any atom is -0.459 e. The van der Waals surface area contributed by atoms with Crippen molar-refractivity contribution < 1.29 is 13.6 Å². The lowest BCUT2D eigenvalue weighted by Gasteiger charge is -2.33. The number of carbonyl (C=O) groups is 1. The van der Waals surface area contributed by atoms with Crippen molar-refractivity contribution in [3.8, 4) is 0 Å². The first-order valence-electron chi connectivity index (χ1n) is 10.5. The lowest BCUT2D eigenvalue weighted by atomic mass is 9.97. The molecule has 5 heterocycles. The van der Waals surface area contributed by atoms with Gasteiger partial charge in [0.15, 0.2) is 11.6 Å². The molecule has 0 aliphatic carbocycles. The first kappa shape index (κ1) is 20.6. The van der Waals surface area contributed by atoms with E-state index in [1.54, 1.807) is 35.5 Å². The van der Waals surface area contributed by atoms with Crippen molar-refractivity contribution in [1.82, 2.24) is 25.5 Å². The van der Waals surface area contributed by atoms with Gasteiger partial charge in [-0.05, 0) is 37.0 Å². The van der Waals surface area contributed by atoms with Crippen molar-refractivity contribution in [2.75, 3.05) is 26.2 Å². The van der Waals surface area contributed by atoms with E-state index in [-0.39, 0.29) is 24.2 Å². The zero-order chi connectivity index (χ0) is 22.1. The number of nitrogens with one attached hydrogen (secondary N) is 3. The predicted octanol–water partition coefficient (Wildman–Crippen LogP) is 3.44. The van der Waals surface area contributed by atoms with Gasteiger partial charge in [-0.2, -0.15) is 0 Å². The predicted molar refractivity (Wildman–Crippen MR) is 119 cm³/mol. The van der Waals surface area contributed by atoms with Crippen LogP contribution in [0.5, 0.6) is 0 Å². The van der Waals surface area contributed by atoms with Crippen LogP contribution in [0.3, 0.4) is 0 Å². The Balaban J connectivity index is 1.23. The fraction of sp³-hybridized carbons (Fsp3) is 0.318. The van der Waals surface area contributed by atoms with Crippen LogP contribution in [0, 0.1) is 5.92 Å². The van der Waals surface area contributed by atoms with Crippen LogP contribution in [0.4, 0.5) is 4.39 Å². The number of carbonyl (C=O) groups excluding carboxylic acids is 1. The van der Waals surface area contributed by atoms with E-state index < -0.39 is 0 Å². The number of likely N-dealkylation sites (tertiary alicyclic amines) is 1. The number of amides is 1. The Morgan fingerprint density at radius 3 is 3.19 bits per heavy atom. The molecular formula is C22H22ClFN6O2. The highest BCUT2D eigenvalue weighted by Gasteiger charge is 2.27. The molecule has 0 spiro atoms. The minimum absolute atomic E-state index is 0.0564. The average molecular weight is 457 g/mol. The van der Waals surface area contributed by atoms with Gasteiger partial charge in [0.25, 0.3) is 5.91 Å².